The fraction of sp³-hybridized carbons (Fsp3) is 0. The van der Waals surface area contributed by atoms with Crippen LogP contribution in [0.1, 0.15) is 0 Å². The monoisotopic (exact) mass is 367 g/mol. The first kappa shape index (κ1) is 15.7. The van der Waals surface area contributed by atoms with Crippen LogP contribution in [0.15, 0.2) is 57.8 Å². The molecule has 0 atom stereocenters. The van der Waals surface area contributed by atoms with Crippen LogP contribution in [0.25, 0.3) is 11.5 Å². The lowest BCUT2D eigenvalue weighted by atomic mass is 10.2. The Hall–Kier alpha value is -2.16. The molecule has 2 aromatic carbocycles. The summed E-state index contributed by atoms with van der Waals surface area (Å²) in [5, 5.41) is 6.80. The summed E-state index contributed by atoms with van der Waals surface area (Å²) in [6, 6.07) is 12.6. The summed E-state index contributed by atoms with van der Waals surface area (Å²) in [6.45, 7) is 0. The fourth-order valence-electron chi connectivity index (χ4n) is 1.92. The van der Waals surface area contributed by atoms with E-state index in [0.29, 0.717) is 16.3 Å². The Bertz CT molecular complexity index is 1010. The summed E-state index contributed by atoms with van der Waals surface area (Å²) < 4.78 is 32.6. The molecule has 6 nitrogen and oxygen atoms in total. The number of hydrogen-bond acceptors (Lipinski definition) is 5. The van der Waals surface area contributed by atoms with Crippen molar-refractivity contribution < 1.29 is 12.8 Å². The van der Waals surface area contributed by atoms with Gasteiger partial charge >= 0.3 is 0 Å². The summed E-state index contributed by atoms with van der Waals surface area (Å²) in [7, 11) is -3.77. The zero-order chi connectivity index (χ0) is 16.4. The van der Waals surface area contributed by atoms with Gasteiger partial charge in [-0.05, 0) is 48.6 Å². The highest BCUT2D eigenvalue weighted by Crippen LogP contribution is 2.23. The van der Waals surface area contributed by atoms with Crippen molar-refractivity contribution in [1.29, 1.82) is 0 Å². The molecule has 23 heavy (non-hydrogen) atoms. The number of rotatable bonds is 4. The molecule has 118 valence electrons. The van der Waals surface area contributed by atoms with Crippen molar-refractivity contribution in [3.63, 3.8) is 0 Å². The lowest BCUT2D eigenvalue weighted by Crippen LogP contribution is -2.12. The van der Waals surface area contributed by atoms with Crippen molar-refractivity contribution in [2.75, 3.05) is 4.72 Å². The number of hydrogen-bond donors (Lipinski definition) is 2. The predicted molar refractivity (Wildman–Crippen MR) is 89.4 cm³/mol. The molecule has 1 aromatic heterocycles. The van der Waals surface area contributed by atoms with Crippen LogP contribution in [0.3, 0.4) is 0 Å². The Morgan fingerprint density at radius 1 is 1.17 bits per heavy atom. The van der Waals surface area contributed by atoms with Gasteiger partial charge in [-0.1, -0.05) is 23.7 Å². The number of H-pyrrole nitrogens is 1. The minimum absolute atomic E-state index is 0.0686. The number of aromatic nitrogens is 2. The maximum absolute atomic E-state index is 12.5. The SMILES string of the molecule is O=S(=O)(Nc1cccc(Cl)c1)c1cccc(-c2n[nH]c(=S)o2)c1. The smallest absolute Gasteiger partial charge is 0.284 e. The van der Waals surface area contributed by atoms with Gasteiger partial charge in [-0.15, -0.1) is 5.10 Å². The second kappa shape index (κ2) is 6.15. The van der Waals surface area contributed by atoms with Crippen LogP contribution in [0.2, 0.25) is 5.02 Å². The van der Waals surface area contributed by atoms with Crippen LogP contribution in [-0.4, -0.2) is 18.6 Å². The second-order valence-corrected chi connectivity index (χ2v) is 7.05. The van der Waals surface area contributed by atoms with Gasteiger partial charge in [0.25, 0.3) is 14.9 Å². The summed E-state index contributed by atoms with van der Waals surface area (Å²) >= 11 is 10.7. The number of sulfonamides is 1. The first-order valence-electron chi connectivity index (χ1n) is 6.38. The average molecular weight is 368 g/mol. The van der Waals surface area contributed by atoms with E-state index in [2.05, 4.69) is 14.9 Å². The molecular formula is C14H10ClN3O3S2. The van der Waals surface area contributed by atoms with Gasteiger partial charge in [0.05, 0.1) is 10.6 Å². The van der Waals surface area contributed by atoms with Crippen LogP contribution in [-0.2, 0) is 10.0 Å². The van der Waals surface area contributed by atoms with Gasteiger partial charge in [-0.3, -0.25) is 4.72 Å². The molecule has 0 saturated heterocycles. The number of aromatic amines is 1. The molecule has 2 N–H and O–H groups in total. The summed E-state index contributed by atoms with van der Waals surface area (Å²) in [6.07, 6.45) is 0. The number of nitrogens with one attached hydrogen (secondary N) is 2. The Balaban J connectivity index is 1.95. The first-order valence-corrected chi connectivity index (χ1v) is 8.65. The molecule has 0 saturated carbocycles. The van der Waals surface area contributed by atoms with E-state index in [1.807, 2.05) is 0 Å². The third kappa shape index (κ3) is 3.61. The Kier molecular flexibility index (Phi) is 4.20. The molecule has 0 fully saturated rings. The summed E-state index contributed by atoms with van der Waals surface area (Å²) in [5.74, 6) is 0.217. The van der Waals surface area contributed by atoms with Crippen LogP contribution >= 0.6 is 23.8 Å². The molecule has 0 amide bonds. The summed E-state index contributed by atoms with van der Waals surface area (Å²) in [4.78, 5) is 0.185. The predicted octanol–water partition coefficient (Wildman–Crippen LogP) is 3.85. The standard InChI is InChI=1S/C14H10ClN3O3S2/c15-10-4-2-5-11(8-10)18-23(19,20)12-6-1-3-9(7-12)13-16-17-14(22)21-13/h1-8,18H,(H,17,22). The van der Waals surface area contributed by atoms with E-state index in [9.17, 15) is 8.42 Å². The molecule has 0 aliphatic heterocycles. The molecule has 0 spiro atoms. The molecule has 0 aliphatic carbocycles. The van der Waals surface area contributed by atoms with Crippen molar-refractivity contribution >= 4 is 39.5 Å². The van der Waals surface area contributed by atoms with E-state index in [-0.39, 0.29) is 15.6 Å². The molecular weight excluding hydrogens is 358 g/mol. The highest BCUT2D eigenvalue weighted by atomic mass is 35.5. The van der Waals surface area contributed by atoms with E-state index in [0.717, 1.165) is 0 Å². The molecule has 0 unspecified atom stereocenters. The lowest BCUT2D eigenvalue weighted by molar-refractivity contribution is 0.552. The Labute approximate surface area is 142 Å². The third-order valence-electron chi connectivity index (χ3n) is 2.91. The maximum Gasteiger partial charge on any atom is 0.284 e. The number of halogens is 1. The van der Waals surface area contributed by atoms with E-state index in [4.69, 9.17) is 28.2 Å². The molecule has 3 rings (SSSR count). The second-order valence-electron chi connectivity index (χ2n) is 4.56. The first-order chi connectivity index (χ1) is 10.9. The van der Waals surface area contributed by atoms with Crippen molar-refractivity contribution in [3.05, 3.63) is 58.4 Å². The highest BCUT2D eigenvalue weighted by Gasteiger charge is 2.16. The normalized spacial score (nSPS) is 11.3. The molecule has 0 radical (unpaired) electrons. The van der Waals surface area contributed by atoms with Crippen LogP contribution in [0.4, 0.5) is 5.69 Å². The van der Waals surface area contributed by atoms with Crippen molar-refractivity contribution in [2.24, 2.45) is 0 Å². The fourth-order valence-corrected chi connectivity index (χ4v) is 3.33. The van der Waals surface area contributed by atoms with Gasteiger partial charge in [0.15, 0.2) is 0 Å². The van der Waals surface area contributed by atoms with E-state index in [1.54, 1.807) is 30.3 Å². The van der Waals surface area contributed by atoms with Gasteiger partial charge in [-0.25, -0.2) is 13.5 Å². The molecule has 1 heterocycles. The lowest BCUT2D eigenvalue weighted by Gasteiger charge is -2.09. The molecule has 0 aliphatic rings. The zero-order valence-corrected chi connectivity index (χ0v) is 13.9. The Morgan fingerprint density at radius 3 is 2.65 bits per heavy atom. The van der Waals surface area contributed by atoms with Gasteiger partial charge < -0.3 is 4.42 Å². The Morgan fingerprint density at radius 2 is 1.96 bits per heavy atom. The van der Waals surface area contributed by atoms with Crippen molar-refractivity contribution in [3.8, 4) is 11.5 Å². The van der Waals surface area contributed by atoms with Crippen molar-refractivity contribution in [1.82, 2.24) is 10.2 Å². The highest BCUT2D eigenvalue weighted by molar-refractivity contribution is 7.92. The minimum atomic E-state index is -3.77. The van der Waals surface area contributed by atoms with E-state index < -0.39 is 10.0 Å². The van der Waals surface area contributed by atoms with Gasteiger partial charge in [0.1, 0.15) is 0 Å². The quantitative estimate of drug-likeness (QED) is 0.684. The third-order valence-corrected chi connectivity index (χ3v) is 4.69. The maximum atomic E-state index is 12.5. The number of benzene rings is 2. The topological polar surface area (TPSA) is 88.0 Å². The number of nitrogens with zero attached hydrogens (tertiary/aromatic N) is 1. The van der Waals surface area contributed by atoms with Gasteiger partial charge in [0, 0.05) is 10.6 Å². The van der Waals surface area contributed by atoms with Crippen LogP contribution in [0.5, 0.6) is 0 Å². The van der Waals surface area contributed by atoms with E-state index >= 15 is 0 Å². The van der Waals surface area contributed by atoms with Crippen LogP contribution < -0.4 is 4.72 Å². The zero-order valence-electron chi connectivity index (χ0n) is 11.5. The van der Waals surface area contributed by atoms with Crippen molar-refractivity contribution in [2.45, 2.75) is 4.90 Å². The average Bonchev–Trinajstić information content (AvgIpc) is 2.94. The van der Waals surface area contributed by atoms with Crippen LogP contribution in [0, 0.1) is 4.84 Å². The minimum Gasteiger partial charge on any atom is -0.409 e. The van der Waals surface area contributed by atoms with E-state index in [1.165, 1.54) is 18.2 Å². The molecule has 9 heteroatoms. The van der Waals surface area contributed by atoms with Gasteiger partial charge in [0.2, 0.25) is 5.89 Å². The number of anilines is 1. The molecule has 0 bridgehead atoms. The molecule has 3 aromatic rings. The largest absolute Gasteiger partial charge is 0.409 e. The van der Waals surface area contributed by atoms with Gasteiger partial charge in [-0.2, -0.15) is 0 Å². The summed E-state index contributed by atoms with van der Waals surface area (Å²) in [5.41, 5.74) is 0.867.